The molecule has 9 heteroatoms. The van der Waals surface area contributed by atoms with Gasteiger partial charge in [-0.3, -0.25) is 18.5 Å². The van der Waals surface area contributed by atoms with Crippen LogP contribution in [0.1, 0.15) is 5.69 Å². The van der Waals surface area contributed by atoms with Gasteiger partial charge >= 0.3 is 5.69 Å². The van der Waals surface area contributed by atoms with Crippen LogP contribution in [0.3, 0.4) is 0 Å². The lowest BCUT2D eigenvalue weighted by Gasteiger charge is -2.03. The first kappa shape index (κ1) is 14.3. The van der Waals surface area contributed by atoms with Gasteiger partial charge in [-0.05, 0) is 6.54 Å². The number of hydrogen-bond donors (Lipinski definition) is 1. The van der Waals surface area contributed by atoms with E-state index in [4.69, 9.17) is 5.73 Å². The maximum absolute atomic E-state index is 12.3. The van der Waals surface area contributed by atoms with E-state index in [1.807, 2.05) is 6.20 Å². The molecule has 0 spiro atoms. The van der Waals surface area contributed by atoms with Crippen molar-refractivity contribution < 1.29 is 0 Å². The Bertz CT molecular complexity index is 973. The molecule has 3 rings (SSSR count). The van der Waals surface area contributed by atoms with Gasteiger partial charge < -0.3 is 10.3 Å². The summed E-state index contributed by atoms with van der Waals surface area (Å²) >= 11 is 0. The second-order valence-electron chi connectivity index (χ2n) is 5.16. The van der Waals surface area contributed by atoms with Crippen molar-refractivity contribution in [1.82, 2.24) is 28.2 Å². The highest BCUT2D eigenvalue weighted by Crippen LogP contribution is 2.13. The zero-order valence-electron chi connectivity index (χ0n) is 12.6. The van der Waals surface area contributed by atoms with E-state index >= 15 is 0 Å². The number of nitrogens with two attached hydrogens (primary N) is 1. The first-order valence-corrected chi connectivity index (χ1v) is 6.81. The summed E-state index contributed by atoms with van der Waals surface area (Å²) in [7, 11) is 4.78. The fourth-order valence-corrected chi connectivity index (χ4v) is 2.49. The molecule has 22 heavy (non-hydrogen) atoms. The number of nitrogens with zero attached hydrogens (tertiary/aromatic N) is 6. The van der Waals surface area contributed by atoms with E-state index in [0.717, 1.165) is 10.3 Å². The molecule has 0 aliphatic heterocycles. The van der Waals surface area contributed by atoms with Gasteiger partial charge in [0.1, 0.15) is 6.33 Å². The van der Waals surface area contributed by atoms with Gasteiger partial charge in [-0.25, -0.2) is 9.78 Å². The van der Waals surface area contributed by atoms with Crippen molar-refractivity contribution >= 4 is 11.2 Å². The second kappa shape index (κ2) is 4.95. The fourth-order valence-electron chi connectivity index (χ4n) is 2.49. The van der Waals surface area contributed by atoms with Crippen molar-refractivity contribution in [2.24, 2.45) is 26.9 Å². The molecule has 9 nitrogen and oxygen atoms in total. The smallest absolute Gasteiger partial charge is 0.330 e. The van der Waals surface area contributed by atoms with Gasteiger partial charge in [0.25, 0.3) is 5.56 Å². The maximum Gasteiger partial charge on any atom is 0.332 e. The summed E-state index contributed by atoms with van der Waals surface area (Å²) in [5.74, 6) is 0.518. The first-order chi connectivity index (χ1) is 10.5. The molecule has 3 heterocycles. The van der Waals surface area contributed by atoms with Crippen molar-refractivity contribution in [1.29, 1.82) is 0 Å². The number of aryl methyl sites for hydroxylation is 2. The lowest BCUT2D eigenvalue weighted by molar-refractivity contribution is 0.705. The SMILES string of the molecule is Cn1c(=O)c2c(nc(-n3cnc(CCN)c3)n2C)n(C)c1=O. The minimum Gasteiger partial charge on any atom is -0.330 e. The summed E-state index contributed by atoms with van der Waals surface area (Å²) in [6, 6.07) is 0. The third-order valence-electron chi connectivity index (χ3n) is 3.72. The highest BCUT2D eigenvalue weighted by molar-refractivity contribution is 5.72. The van der Waals surface area contributed by atoms with Crippen LogP contribution in [0.4, 0.5) is 0 Å². The molecule has 3 aromatic heterocycles. The molecule has 0 aliphatic carbocycles. The summed E-state index contributed by atoms with van der Waals surface area (Å²) in [5, 5.41) is 0. The van der Waals surface area contributed by atoms with E-state index in [0.29, 0.717) is 30.1 Å². The molecule has 0 saturated carbocycles. The minimum absolute atomic E-state index is 0.347. The van der Waals surface area contributed by atoms with Crippen LogP contribution in [-0.2, 0) is 27.6 Å². The van der Waals surface area contributed by atoms with Gasteiger partial charge in [0.15, 0.2) is 11.2 Å². The van der Waals surface area contributed by atoms with Crippen LogP contribution >= 0.6 is 0 Å². The Labute approximate surface area is 125 Å². The standard InChI is InChI=1S/C13H17N7O2/c1-17-9-10(18(2)13(22)19(3)11(9)21)16-12(17)20-6-8(4-5-14)15-7-20/h6-7H,4-5,14H2,1-3H3. The third kappa shape index (κ3) is 1.90. The largest absolute Gasteiger partial charge is 0.332 e. The Morgan fingerprint density at radius 2 is 1.86 bits per heavy atom. The van der Waals surface area contributed by atoms with Crippen LogP contribution in [0.2, 0.25) is 0 Å². The van der Waals surface area contributed by atoms with Gasteiger partial charge in [-0.15, -0.1) is 0 Å². The zero-order chi connectivity index (χ0) is 16.0. The molecule has 0 radical (unpaired) electrons. The Hall–Kier alpha value is -2.68. The topological polar surface area (TPSA) is 106 Å². The Kier molecular flexibility index (Phi) is 3.21. The van der Waals surface area contributed by atoms with Crippen LogP contribution in [0.5, 0.6) is 0 Å². The highest BCUT2D eigenvalue weighted by atomic mass is 16.2. The van der Waals surface area contributed by atoms with Gasteiger partial charge in [-0.2, -0.15) is 4.98 Å². The molecule has 0 saturated heterocycles. The van der Waals surface area contributed by atoms with Crippen molar-refractivity contribution in [3.8, 4) is 5.95 Å². The van der Waals surface area contributed by atoms with Crippen LogP contribution < -0.4 is 17.0 Å². The van der Waals surface area contributed by atoms with Crippen LogP contribution in [0.15, 0.2) is 22.1 Å². The molecule has 0 amide bonds. The van der Waals surface area contributed by atoms with E-state index in [1.165, 1.54) is 11.6 Å². The van der Waals surface area contributed by atoms with Crippen molar-refractivity contribution in [3.05, 3.63) is 39.1 Å². The molecular formula is C13H17N7O2. The van der Waals surface area contributed by atoms with Crippen molar-refractivity contribution in [3.63, 3.8) is 0 Å². The predicted octanol–water partition coefficient (Wildman–Crippen LogP) is -1.34. The zero-order valence-corrected chi connectivity index (χ0v) is 12.6. The lowest BCUT2D eigenvalue weighted by atomic mass is 10.3. The van der Waals surface area contributed by atoms with E-state index in [2.05, 4.69) is 9.97 Å². The molecule has 2 N–H and O–H groups in total. The van der Waals surface area contributed by atoms with E-state index in [1.54, 1.807) is 29.6 Å². The molecule has 0 fully saturated rings. The number of imidazole rings is 2. The van der Waals surface area contributed by atoms with Crippen molar-refractivity contribution in [2.45, 2.75) is 6.42 Å². The summed E-state index contributed by atoms with van der Waals surface area (Å²) < 4.78 is 5.80. The molecule has 0 aromatic carbocycles. The molecule has 0 bridgehead atoms. The molecule has 0 atom stereocenters. The average Bonchev–Trinajstić information content (AvgIpc) is 3.08. The number of rotatable bonds is 3. The van der Waals surface area contributed by atoms with Gasteiger partial charge in [0.05, 0.1) is 5.69 Å². The highest BCUT2D eigenvalue weighted by Gasteiger charge is 2.18. The van der Waals surface area contributed by atoms with Crippen LogP contribution in [0.25, 0.3) is 17.1 Å². The maximum atomic E-state index is 12.3. The monoisotopic (exact) mass is 303 g/mol. The summed E-state index contributed by atoms with van der Waals surface area (Å²) in [6.45, 7) is 0.509. The minimum atomic E-state index is -0.406. The molecule has 0 unspecified atom stereocenters. The quantitative estimate of drug-likeness (QED) is 0.644. The Balaban J connectivity index is 2.30. The molecule has 3 aromatic rings. The van der Waals surface area contributed by atoms with Gasteiger partial charge in [-0.1, -0.05) is 0 Å². The Morgan fingerprint density at radius 1 is 1.14 bits per heavy atom. The third-order valence-corrected chi connectivity index (χ3v) is 3.72. The lowest BCUT2D eigenvalue weighted by Crippen LogP contribution is -2.37. The predicted molar refractivity (Wildman–Crippen MR) is 81.1 cm³/mol. The Morgan fingerprint density at radius 3 is 2.55 bits per heavy atom. The second-order valence-corrected chi connectivity index (χ2v) is 5.16. The van der Waals surface area contributed by atoms with Crippen LogP contribution in [-0.4, -0.2) is 34.8 Å². The number of fused-ring (bicyclic) bond motifs is 1. The summed E-state index contributed by atoms with van der Waals surface area (Å²) in [6.07, 6.45) is 4.10. The van der Waals surface area contributed by atoms with E-state index in [9.17, 15) is 9.59 Å². The molecule has 116 valence electrons. The van der Waals surface area contributed by atoms with Gasteiger partial charge in [0.2, 0.25) is 5.95 Å². The normalized spacial score (nSPS) is 11.5. The molecular weight excluding hydrogens is 286 g/mol. The van der Waals surface area contributed by atoms with Gasteiger partial charge in [0, 0.05) is 33.8 Å². The van der Waals surface area contributed by atoms with E-state index in [-0.39, 0.29) is 5.56 Å². The summed E-state index contributed by atoms with van der Waals surface area (Å²) in [5.41, 5.74) is 6.30. The first-order valence-electron chi connectivity index (χ1n) is 6.81. The van der Waals surface area contributed by atoms with Crippen LogP contribution in [0, 0.1) is 0 Å². The van der Waals surface area contributed by atoms with Crippen molar-refractivity contribution in [2.75, 3.05) is 6.54 Å². The number of hydrogen-bond acceptors (Lipinski definition) is 5. The fraction of sp³-hybridized carbons (Fsp3) is 0.385. The summed E-state index contributed by atoms with van der Waals surface area (Å²) in [4.78, 5) is 33.0. The van der Waals surface area contributed by atoms with E-state index < -0.39 is 5.69 Å². The molecule has 0 aliphatic rings. The number of aromatic nitrogens is 6. The average molecular weight is 303 g/mol.